The number of esters is 2. The molecule has 0 amide bonds. The summed E-state index contributed by atoms with van der Waals surface area (Å²) in [5.41, 5.74) is 0. The summed E-state index contributed by atoms with van der Waals surface area (Å²) in [4.78, 5) is 24.2. The molecule has 18 heavy (non-hydrogen) atoms. The van der Waals surface area contributed by atoms with Crippen LogP contribution in [0.2, 0.25) is 0 Å². The lowest BCUT2D eigenvalue weighted by Crippen LogP contribution is -2.32. The van der Waals surface area contributed by atoms with Gasteiger partial charge in [-0.15, -0.1) is 11.8 Å². The maximum atomic E-state index is 11.7. The first-order valence-corrected chi connectivity index (χ1v) is 6.35. The van der Waals surface area contributed by atoms with E-state index >= 15 is 0 Å². The third kappa shape index (κ3) is 3.77. The zero-order valence-electron chi connectivity index (χ0n) is 10.6. The number of ether oxygens (including phenoxy) is 2. The molecule has 0 fully saturated rings. The molecule has 1 aromatic rings. The van der Waals surface area contributed by atoms with Crippen LogP contribution in [0.15, 0.2) is 35.2 Å². The molecule has 1 rings (SSSR count). The molecule has 2 atom stereocenters. The Labute approximate surface area is 111 Å². The molecule has 0 heterocycles. The SMILES string of the molecule is COC(=O)[C@H](C)[C@@H](Sc1ccccc1)C(=O)OC. The normalized spacial score (nSPS) is 13.5. The number of hydrogen-bond donors (Lipinski definition) is 0. The molecule has 4 nitrogen and oxygen atoms in total. The van der Waals surface area contributed by atoms with Gasteiger partial charge in [0.1, 0.15) is 5.25 Å². The van der Waals surface area contributed by atoms with Crippen molar-refractivity contribution in [2.24, 2.45) is 5.92 Å². The molecule has 0 radical (unpaired) electrons. The smallest absolute Gasteiger partial charge is 0.320 e. The highest BCUT2D eigenvalue weighted by atomic mass is 32.2. The molecule has 0 aliphatic rings. The predicted molar refractivity (Wildman–Crippen MR) is 69.3 cm³/mol. The number of benzene rings is 1. The Hall–Kier alpha value is -1.49. The molecular weight excluding hydrogens is 252 g/mol. The van der Waals surface area contributed by atoms with Gasteiger partial charge in [-0.3, -0.25) is 9.59 Å². The van der Waals surface area contributed by atoms with Crippen molar-refractivity contribution in [1.29, 1.82) is 0 Å². The van der Waals surface area contributed by atoms with Crippen molar-refractivity contribution in [3.8, 4) is 0 Å². The van der Waals surface area contributed by atoms with E-state index in [9.17, 15) is 9.59 Å². The first kappa shape index (κ1) is 14.6. The number of rotatable bonds is 5. The molecule has 0 bridgehead atoms. The van der Waals surface area contributed by atoms with E-state index in [4.69, 9.17) is 4.74 Å². The third-order valence-corrected chi connectivity index (χ3v) is 3.87. The quantitative estimate of drug-likeness (QED) is 0.605. The standard InChI is InChI=1S/C13H16O4S/c1-9(12(14)16-2)11(13(15)17-3)18-10-7-5-4-6-8-10/h4-9,11H,1-3H3/t9-,11-/m1/s1. The Balaban J connectivity index is 2.86. The number of thioether (sulfide) groups is 1. The molecule has 5 heteroatoms. The molecule has 0 saturated carbocycles. The highest BCUT2D eigenvalue weighted by Crippen LogP contribution is 2.29. The number of carbonyl (C=O) groups is 2. The fourth-order valence-corrected chi connectivity index (χ4v) is 2.54. The van der Waals surface area contributed by atoms with Gasteiger partial charge in [-0.25, -0.2) is 0 Å². The number of methoxy groups -OCH3 is 2. The lowest BCUT2D eigenvalue weighted by atomic mass is 10.1. The second-order valence-electron chi connectivity index (χ2n) is 3.69. The van der Waals surface area contributed by atoms with Crippen LogP contribution in [0.1, 0.15) is 6.92 Å². The van der Waals surface area contributed by atoms with E-state index in [1.54, 1.807) is 6.92 Å². The fourth-order valence-electron chi connectivity index (χ4n) is 1.43. The van der Waals surface area contributed by atoms with Crippen LogP contribution in [0.3, 0.4) is 0 Å². The van der Waals surface area contributed by atoms with E-state index in [0.29, 0.717) is 0 Å². The van der Waals surface area contributed by atoms with Gasteiger partial charge in [0.15, 0.2) is 0 Å². The first-order valence-electron chi connectivity index (χ1n) is 5.47. The molecule has 0 aliphatic heterocycles. The van der Waals surface area contributed by atoms with E-state index in [0.717, 1.165) is 4.90 Å². The van der Waals surface area contributed by atoms with Crippen LogP contribution >= 0.6 is 11.8 Å². The summed E-state index contributed by atoms with van der Waals surface area (Å²) in [6, 6.07) is 9.40. The molecule has 0 unspecified atom stereocenters. The third-order valence-electron chi connectivity index (χ3n) is 2.47. The highest BCUT2D eigenvalue weighted by Gasteiger charge is 2.32. The largest absolute Gasteiger partial charge is 0.469 e. The van der Waals surface area contributed by atoms with Gasteiger partial charge in [0.25, 0.3) is 0 Å². The Kier molecular flexibility index (Phi) is 5.71. The second-order valence-corrected chi connectivity index (χ2v) is 4.90. The fraction of sp³-hybridized carbons (Fsp3) is 0.385. The molecule has 0 aliphatic carbocycles. The van der Waals surface area contributed by atoms with Gasteiger partial charge >= 0.3 is 11.9 Å². The second kappa shape index (κ2) is 7.06. The Morgan fingerprint density at radius 2 is 1.61 bits per heavy atom. The molecule has 98 valence electrons. The van der Waals surface area contributed by atoms with Crippen molar-refractivity contribution in [3.63, 3.8) is 0 Å². The average Bonchev–Trinajstić information content (AvgIpc) is 2.43. The average molecular weight is 268 g/mol. The molecule has 0 saturated heterocycles. The number of carbonyl (C=O) groups excluding carboxylic acids is 2. The molecule has 0 N–H and O–H groups in total. The van der Waals surface area contributed by atoms with Gasteiger partial charge in [0.05, 0.1) is 20.1 Å². The van der Waals surface area contributed by atoms with E-state index in [1.807, 2.05) is 30.3 Å². The van der Waals surface area contributed by atoms with Crippen molar-refractivity contribution in [2.45, 2.75) is 17.1 Å². The molecule has 1 aromatic carbocycles. The summed E-state index contributed by atoms with van der Waals surface area (Å²) in [6.45, 7) is 1.66. The van der Waals surface area contributed by atoms with Crippen LogP contribution in [0.25, 0.3) is 0 Å². The maximum absolute atomic E-state index is 11.7. The summed E-state index contributed by atoms with van der Waals surface area (Å²) in [6.07, 6.45) is 0. The van der Waals surface area contributed by atoms with Crippen LogP contribution in [0.4, 0.5) is 0 Å². The Morgan fingerprint density at radius 3 is 2.11 bits per heavy atom. The van der Waals surface area contributed by atoms with Gasteiger partial charge in [0, 0.05) is 4.90 Å². The van der Waals surface area contributed by atoms with Gasteiger partial charge in [-0.2, -0.15) is 0 Å². The zero-order valence-corrected chi connectivity index (χ0v) is 11.4. The molecule has 0 spiro atoms. The van der Waals surface area contributed by atoms with Crippen molar-refractivity contribution in [1.82, 2.24) is 0 Å². The van der Waals surface area contributed by atoms with Gasteiger partial charge < -0.3 is 9.47 Å². The highest BCUT2D eigenvalue weighted by molar-refractivity contribution is 8.00. The summed E-state index contributed by atoms with van der Waals surface area (Å²) in [5, 5.41) is -0.607. The zero-order chi connectivity index (χ0) is 13.5. The van der Waals surface area contributed by atoms with Gasteiger partial charge in [-0.05, 0) is 12.1 Å². The van der Waals surface area contributed by atoms with Crippen LogP contribution in [-0.4, -0.2) is 31.4 Å². The van der Waals surface area contributed by atoms with Crippen LogP contribution in [-0.2, 0) is 19.1 Å². The minimum atomic E-state index is -0.607. The molecular formula is C13H16O4S. The van der Waals surface area contributed by atoms with Crippen molar-refractivity contribution in [2.75, 3.05) is 14.2 Å². The first-order chi connectivity index (χ1) is 8.60. The minimum Gasteiger partial charge on any atom is -0.469 e. The summed E-state index contributed by atoms with van der Waals surface area (Å²) >= 11 is 1.30. The van der Waals surface area contributed by atoms with E-state index in [1.165, 1.54) is 26.0 Å². The van der Waals surface area contributed by atoms with Crippen molar-refractivity contribution >= 4 is 23.7 Å². The predicted octanol–water partition coefficient (Wildman–Crippen LogP) is 2.13. The lowest BCUT2D eigenvalue weighted by molar-refractivity contribution is -0.150. The Morgan fingerprint density at radius 1 is 1.06 bits per heavy atom. The van der Waals surface area contributed by atoms with E-state index in [2.05, 4.69) is 4.74 Å². The Bertz CT molecular complexity index is 405. The lowest BCUT2D eigenvalue weighted by Gasteiger charge is -2.19. The summed E-state index contributed by atoms with van der Waals surface area (Å²) < 4.78 is 9.40. The molecule has 0 aromatic heterocycles. The number of hydrogen-bond acceptors (Lipinski definition) is 5. The minimum absolute atomic E-state index is 0.422. The van der Waals surface area contributed by atoms with E-state index < -0.39 is 23.1 Å². The monoisotopic (exact) mass is 268 g/mol. The van der Waals surface area contributed by atoms with Crippen LogP contribution in [0.5, 0.6) is 0 Å². The van der Waals surface area contributed by atoms with Crippen LogP contribution < -0.4 is 0 Å². The van der Waals surface area contributed by atoms with Crippen LogP contribution in [0, 0.1) is 5.92 Å². The maximum Gasteiger partial charge on any atom is 0.320 e. The summed E-state index contributed by atoms with van der Waals surface area (Å²) in [7, 11) is 2.62. The van der Waals surface area contributed by atoms with E-state index in [-0.39, 0.29) is 0 Å². The van der Waals surface area contributed by atoms with Crippen molar-refractivity contribution < 1.29 is 19.1 Å². The van der Waals surface area contributed by atoms with Gasteiger partial charge in [-0.1, -0.05) is 25.1 Å². The van der Waals surface area contributed by atoms with Crippen molar-refractivity contribution in [3.05, 3.63) is 30.3 Å². The summed E-state index contributed by atoms with van der Waals surface area (Å²) in [5.74, 6) is -1.41. The topological polar surface area (TPSA) is 52.6 Å². The van der Waals surface area contributed by atoms with Gasteiger partial charge in [0.2, 0.25) is 0 Å².